The number of nitrogens with zero attached hydrogens (tertiary/aromatic N) is 4. The first-order chi connectivity index (χ1) is 16.1. The molecule has 0 atom stereocenters. The lowest BCUT2D eigenvalue weighted by molar-refractivity contribution is 0.145. The Morgan fingerprint density at radius 1 is 0.879 bits per heavy atom. The van der Waals surface area contributed by atoms with E-state index in [0.717, 1.165) is 66.9 Å². The lowest BCUT2D eigenvalue weighted by Gasteiger charge is -2.29. The van der Waals surface area contributed by atoms with Gasteiger partial charge in [0.2, 0.25) is 0 Å². The molecule has 33 heavy (non-hydrogen) atoms. The molecule has 5 nitrogen and oxygen atoms in total. The lowest BCUT2D eigenvalue weighted by Crippen LogP contribution is -2.25. The molecule has 1 saturated carbocycles. The molecule has 3 aromatic carbocycles. The van der Waals surface area contributed by atoms with Gasteiger partial charge < -0.3 is 4.74 Å². The maximum Gasteiger partial charge on any atom is 0.151 e. The number of fused-ring (bicyclic) bond motifs is 4. The van der Waals surface area contributed by atoms with Crippen molar-refractivity contribution in [2.75, 3.05) is 7.05 Å². The Bertz CT molecular complexity index is 1310. The summed E-state index contributed by atoms with van der Waals surface area (Å²) in [7, 11) is 2.12. The molecule has 0 saturated heterocycles. The van der Waals surface area contributed by atoms with E-state index in [-0.39, 0.29) is 6.10 Å². The number of benzene rings is 3. The first kappa shape index (κ1) is 20.7. The largest absolute Gasteiger partial charge is 0.490 e. The molecule has 1 aliphatic heterocycles. The number of ether oxygens (including phenoxy) is 1. The summed E-state index contributed by atoms with van der Waals surface area (Å²) in [6.07, 6.45) is 4.39. The van der Waals surface area contributed by atoms with Crippen LogP contribution in [0.25, 0.3) is 16.5 Å². The molecule has 168 valence electrons. The van der Waals surface area contributed by atoms with E-state index in [2.05, 4.69) is 81.3 Å². The van der Waals surface area contributed by atoms with Crippen molar-refractivity contribution in [2.45, 2.75) is 50.8 Å². The molecular weight excluding hydrogens is 432 g/mol. The van der Waals surface area contributed by atoms with Crippen LogP contribution in [0.4, 0.5) is 0 Å². The second kappa shape index (κ2) is 8.47. The third kappa shape index (κ3) is 4.00. The van der Waals surface area contributed by atoms with Crippen molar-refractivity contribution in [3.8, 4) is 11.4 Å². The predicted octanol–water partition coefficient (Wildman–Crippen LogP) is 6.12. The summed E-state index contributed by atoms with van der Waals surface area (Å²) in [5.74, 6) is 3.42. The summed E-state index contributed by atoms with van der Waals surface area (Å²) in [5.41, 5.74) is 2.38. The van der Waals surface area contributed by atoms with Crippen molar-refractivity contribution in [2.24, 2.45) is 0 Å². The summed E-state index contributed by atoms with van der Waals surface area (Å²) in [4.78, 5) is 2.26. The van der Waals surface area contributed by atoms with Crippen molar-refractivity contribution in [3.05, 3.63) is 82.9 Å². The van der Waals surface area contributed by atoms with Crippen molar-refractivity contribution >= 4 is 22.4 Å². The number of halogens is 1. The summed E-state index contributed by atoms with van der Waals surface area (Å²) < 4.78 is 8.66. The van der Waals surface area contributed by atoms with Crippen LogP contribution in [0.15, 0.2) is 60.7 Å². The Balaban J connectivity index is 1.21. The number of hydrogen-bond acceptors (Lipinski definition) is 4. The van der Waals surface area contributed by atoms with E-state index < -0.39 is 0 Å². The van der Waals surface area contributed by atoms with Gasteiger partial charge in [0.25, 0.3) is 0 Å². The summed E-state index contributed by atoms with van der Waals surface area (Å²) >= 11 is 6.31. The van der Waals surface area contributed by atoms with Gasteiger partial charge in [-0.05, 0) is 79.4 Å². The highest BCUT2D eigenvalue weighted by atomic mass is 35.5. The normalized spacial score (nSPS) is 20.8. The van der Waals surface area contributed by atoms with Crippen LogP contribution >= 0.6 is 11.6 Å². The van der Waals surface area contributed by atoms with Gasteiger partial charge in [-0.3, -0.25) is 9.47 Å². The van der Waals surface area contributed by atoms with Crippen molar-refractivity contribution < 1.29 is 4.74 Å². The van der Waals surface area contributed by atoms with Crippen LogP contribution in [0, 0.1) is 0 Å². The molecule has 1 fully saturated rings. The zero-order valence-corrected chi connectivity index (χ0v) is 19.5. The molecule has 0 bridgehead atoms. The fourth-order valence-corrected chi connectivity index (χ4v) is 5.51. The molecule has 6 rings (SSSR count). The Hall–Kier alpha value is -2.89. The van der Waals surface area contributed by atoms with E-state index in [1.54, 1.807) is 0 Å². The minimum Gasteiger partial charge on any atom is -0.490 e. The van der Waals surface area contributed by atoms with E-state index in [0.29, 0.717) is 5.92 Å². The van der Waals surface area contributed by atoms with Gasteiger partial charge in [0, 0.05) is 17.5 Å². The van der Waals surface area contributed by atoms with Crippen LogP contribution in [0.2, 0.25) is 5.02 Å². The SMILES string of the molecule is CN1Cc2cc(Cl)ccc2-n2c(nnc2C2CCC(Oc3ccc4ccccc4c3)CC2)C1. The summed E-state index contributed by atoms with van der Waals surface area (Å²) in [6.45, 7) is 1.63. The van der Waals surface area contributed by atoms with Crippen LogP contribution in [-0.4, -0.2) is 32.8 Å². The molecule has 0 amide bonds. The standard InChI is InChI=1S/C27H27ClN4O/c1-31-16-21-14-22(28)9-13-25(21)32-26(17-31)29-30-27(32)19-7-10-23(11-8-19)33-24-12-6-18-4-2-3-5-20(18)15-24/h2-6,9,12-15,19,23H,7-8,10-11,16-17H2,1H3. The van der Waals surface area contributed by atoms with Crippen LogP contribution in [0.5, 0.6) is 5.75 Å². The molecule has 2 heterocycles. The van der Waals surface area contributed by atoms with Gasteiger partial charge in [-0.2, -0.15) is 0 Å². The average Bonchev–Trinajstić information content (AvgIpc) is 3.16. The zero-order valence-electron chi connectivity index (χ0n) is 18.7. The van der Waals surface area contributed by atoms with Crippen LogP contribution in [-0.2, 0) is 13.1 Å². The molecule has 0 spiro atoms. The van der Waals surface area contributed by atoms with Gasteiger partial charge in [-0.1, -0.05) is 41.9 Å². The molecule has 1 aromatic heterocycles. The van der Waals surface area contributed by atoms with Crippen LogP contribution in [0.3, 0.4) is 0 Å². The van der Waals surface area contributed by atoms with Crippen molar-refractivity contribution in [1.29, 1.82) is 0 Å². The molecule has 4 aromatic rings. The number of aromatic nitrogens is 3. The van der Waals surface area contributed by atoms with Gasteiger partial charge in [-0.15, -0.1) is 10.2 Å². The smallest absolute Gasteiger partial charge is 0.151 e. The van der Waals surface area contributed by atoms with Gasteiger partial charge in [0.15, 0.2) is 5.82 Å². The summed E-state index contributed by atoms with van der Waals surface area (Å²) in [5, 5.41) is 12.5. The third-order valence-corrected chi connectivity index (χ3v) is 7.19. The highest BCUT2D eigenvalue weighted by molar-refractivity contribution is 6.30. The molecule has 0 radical (unpaired) electrons. The molecule has 2 aliphatic rings. The zero-order chi connectivity index (χ0) is 22.4. The molecular formula is C27H27ClN4O. The second-order valence-corrected chi connectivity index (χ2v) is 9.79. The Labute approximate surface area is 199 Å². The highest BCUT2D eigenvalue weighted by Crippen LogP contribution is 2.37. The first-order valence-electron chi connectivity index (χ1n) is 11.7. The maximum absolute atomic E-state index is 6.38. The van der Waals surface area contributed by atoms with Gasteiger partial charge in [0.1, 0.15) is 11.6 Å². The fourth-order valence-electron chi connectivity index (χ4n) is 5.32. The highest BCUT2D eigenvalue weighted by Gasteiger charge is 2.30. The first-order valence-corrected chi connectivity index (χ1v) is 12.1. The Morgan fingerprint density at radius 3 is 2.55 bits per heavy atom. The molecule has 6 heteroatoms. The fraction of sp³-hybridized carbons (Fsp3) is 0.333. The van der Waals surface area contributed by atoms with Gasteiger partial charge >= 0.3 is 0 Å². The van der Waals surface area contributed by atoms with Crippen LogP contribution in [0.1, 0.15) is 48.8 Å². The molecule has 0 unspecified atom stereocenters. The molecule has 0 N–H and O–H groups in total. The predicted molar refractivity (Wildman–Crippen MR) is 131 cm³/mol. The Kier molecular flexibility index (Phi) is 5.31. The number of hydrogen-bond donors (Lipinski definition) is 0. The molecule has 1 aliphatic carbocycles. The summed E-state index contributed by atoms with van der Waals surface area (Å²) in [6, 6.07) is 20.9. The maximum atomic E-state index is 6.38. The van der Waals surface area contributed by atoms with Gasteiger partial charge in [-0.25, -0.2) is 0 Å². The van der Waals surface area contributed by atoms with Crippen molar-refractivity contribution in [3.63, 3.8) is 0 Å². The van der Waals surface area contributed by atoms with Crippen LogP contribution < -0.4 is 4.74 Å². The van der Waals surface area contributed by atoms with E-state index in [1.165, 1.54) is 16.3 Å². The van der Waals surface area contributed by atoms with E-state index in [9.17, 15) is 0 Å². The monoisotopic (exact) mass is 458 g/mol. The minimum absolute atomic E-state index is 0.242. The van der Waals surface area contributed by atoms with E-state index >= 15 is 0 Å². The van der Waals surface area contributed by atoms with E-state index in [1.807, 2.05) is 6.07 Å². The Morgan fingerprint density at radius 2 is 1.70 bits per heavy atom. The lowest BCUT2D eigenvalue weighted by atomic mass is 9.86. The topological polar surface area (TPSA) is 43.2 Å². The number of rotatable bonds is 3. The van der Waals surface area contributed by atoms with Gasteiger partial charge in [0.05, 0.1) is 18.3 Å². The van der Waals surface area contributed by atoms with Crippen molar-refractivity contribution in [1.82, 2.24) is 19.7 Å². The average molecular weight is 459 g/mol. The minimum atomic E-state index is 0.242. The quantitative estimate of drug-likeness (QED) is 0.370. The second-order valence-electron chi connectivity index (χ2n) is 9.36. The van der Waals surface area contributed by atoms with E-state index in [4.69, 9.17) is 16.3 Å². The third-order valence-electron chi connectivity index (χ3n) is 6.95.